The number of rotatable bonds is 3. The molecule has 1 unspecified atom stereocenters. The van der Waals surface area contributed by atoms with Crippen LogP contribution in [0.25, 0.3) is 6.08 Å². The number of hydrogen-bond acceptors (Lipinski definition) is 3. The van der Waals surface area contributed by atoms with E-state index in [1.807, 2.05) is 18.2 Å². The van der Waals surface area contributed by atoms with Crippen molar-refractivity contribution in [2.75, 3.05) is 7.11 Å². The van der Waals surface area contributed by atoms with Crippen LogP contribution in [0, 0.1) is 0 Å². The summed E-state index contributed by atoms with van der Waals surface area (Å²) in [6.07, 6.45) is 8.59. The van der Waals surface area contributed by atoms with Gasteiger partial charge in [-0.05, 0) is 30.5 Å². The van der Waals surface area contributed by atoms with E-state index in [-0.39, 0.29) is 6.04 Å². The SMILES string of the molecule is COc1cccc(C=CC2CCCCC(N)=N2)c1. The largest absolute Gasteiger partial charge is 0.497 e. The average Bonchev–Trinajstić information content (AvgIpc) is 2.61. The molecule has 3 heteroatoms. The smallest absolute Gasteiger partial charge is 0.119 e. The molecule has 1 atom stereocenters. The minimum absolute atomic E-state index is 0.221. The molecule has 0 fully saturated rings. The zero-order chi connectivity index (χ0) is 12.8. The second-order valence-corrected chi connectivity index (χ2v) is 4.57. The van der Waals surface area contributed by atoms with Gasteiger partial charge in [0.15, 0.2) is 0 Å². The number of hydrogen-bond donors (Lipinski definition) is 1. The highest BCUT2D eigenvalue weighted by Crippen LogP contribution is 2.17. The molecule has 0 radical (unpaired) electrons. The average molecular weight is 244 g/mol. The van der Waals surface area contributed by atoms with Crippen molar-refractivity contribution in [3.63, 3.8) is 0 Å². The van der Waals surface area contributed by atoms with Gasteiger partial charge in [-0.2, -0.15) is 0 Å². The summed E-state index contributed by atoms with van der Waals surface area (Å²) in [5, 5.41) is 0. The molecule has 0 saturated carbocycles. The van der Waals surface area contributed by atoms with Crippen LogP contribution >= 0.6 is 0 Å². The molecule has 1 aliphatic rings. The van der Waals surface area contributed by atoms with Crippen molar-refractivity contribution in [1.29, 1.82) is 0 Å². The Kier molecular flexibility index (Phi) is 4.40. The van der Waals surface area contributed by atoms with E-state index in [1.165, 1.54) is 6.42 Å². The van der Waals surface area contributed by atoms with Gasteiger partial charge in [0.25, 0.3) is 0 Å². The molecule has 0 spiro atoms. The summed E-state index contributed by atoms with van der Waals surface area (Å²) in [5.74, 6) is 1.66. The second kappa shape index (κ2) is 6.24. The van der Waals surface area contributed by atoms with E-state index in [0.29, 0.717) is 0 Å². The van der Waals surface area contributed by atoms with Crippen LogP contribution in [0.15, 0.2) is 35.3 Å². The molecule has 18 heavy (non-hydrogen) atoms. The van der Waals surface area contributed by atoms with Gasteiger partial charge in [-0.25, -0.2) is 0 Å². The van der Waals surface area contributed by atoms with Crippen LogP contribution in [-0.2, 0) is 0 Å². The minimum atomic E-state index is 0.221. The molecule has 0 bridgehead atoms. The number of amidine groups is 1. The van der Waals surface area contributed by atoms with Crippen molar-refractivity contribution in [3.8, 4) is 5.75 Å². The summed E-state index contributed by atoms with van der Waals surface area (Å²) in [7, 11) is 1.68. The van der Waals surface area contributed by atoms with Gasteiger partial charge in [0.1, 0.15) is 5.75 Å². The third-order valence-electron chi connectivity index (χ3n) is 3.12. The molecule has 2 rings (SSSR count). The molecular weight excluding hydrogens is 224 g/mol. The Hall–Kier alpha value is -1.77. The molecule has 3 nitrogen and oxygen atoms in total. The molecule has 2 N–H and O–H groups in total. The van der Waals surface area contributed by atoms with Crippen molar-refractivity contribution in [1.82, 2.24) is 0 Å². The van der Waals surface area contributed by atoms with Gasteiger partial charge >= 0.3 is 0 Å². The van der Waals surface area contributed by atoms with E-state index in [1.54, 1.807) is 7.11 Å². The zero-order valence-corrected chi connectivity index (χ0v) is 10.8. The maximum atomic E-state index is 5.84. The van der Waals surface area contributed by atoms with Gasteiger partial charge < -0.3 is 10.5 Å². The van der Waals surface area contributed by atoms with E-state index in [9.17, 15) is 0 Å². The lowest BCUT2D eigenvalue weighted by molar-refractivity contribution is 0.414. The maximum Gasteiger partial charge on any atom is 0.119 e. The third-order valence-corrected chi connectivity index (χ3v) is 3.12. The normalized spacial score (nSPS) is 20.5. The fraction of sp³-hybridized carbons (Fsp3) is 0.400. The van der Waals surface area contributed by atoms with Gasteiger partial charge in [-0.15, -0.1) is 0 Å². The Morgan fingerprint density at radius 3 is 3.11 bits per heavy atom. The van der Waals surface area contributed by atoms with Gasteiger partial charge in [0.2, 0.25) is 0 Å². The summed E-state index contributed by atoms with van der Waals surface area (Å²) in [5.41, 5.74) is 6.97. The Labute approximate surface area is 108 Å². The van der Waals surface area contributed by atoms with E-state index in [4.69, 9.17) is 10.5 Å². The number of methoxy groups -OCH3 is 1. The Balaban J connectivity index is 2.07. The van der Waals surface area contributed by atoms with Gasteiger partial charge in [0.05, 0.1) is 19.0 Å². The summed E-state index contributed by atoms with van der Waals surface area (Å²) >= 11 is 0. The monoisotopic (exact) mass is 244 g/mol. The molecule has 0 aliphatic carbocycles. The highest BCUT2D eigenvalue weighted by Gasteiger charge is 2.08. The highest BCUT2D eigenvalue weighted by atomic mass is 16.5. The molecule has 0 saturated heterocycles. The molecule has 0 amide bonds. The quantitative estimate of drug-likeness (QED) is 0.888. The lowest BCUT2D eigenvalue weighted by atomic mass is 10.1. The van der Waals surface area contributed by atoms with Crippen LogP contribution in [0.1, 0.15) is 31.2 Å². The third kappa shape index (κ3) is 3.62. The Bertz CT molecular complexity index is 452. The topological polar surface area (TPSA) is 47.6 Å². The molecule has 1 aliphatic heterocycles. The lowest BCUT2D eigenvalue weighted by Crippen LogP contribution is -2.12. The summed E-state index contributed by atoms with van der Waals surface area (Å²) in [4.78, 5) is 4.51. The minimum Gasteiger partial charge on any atom is -0.497 e. The first-order valence-corrected chi connectivity index (χ1v) is 6.42. The van der Waals surface area contributed by atoms with E-state index in [2.05, 4.69) is 23.2 Å². The van der Waals surface area contributed by atoms with Crippen LogP contribution < -0.4 is 10.5 Å². The standard InChI is InChI=1S/C15H20N2O/c1-18-14-7-4-5-12(11-14)9-10-13-6-2-3-8-15(16)17-13/h4-5,7,9-11,13H,2-3,6,8H2,1H3,(H2,16,17). The maximum absolute atomic E-state index is 5.84. The van der Waals surface area contributed by atoms with Gasteiger partial charge in [0, 0.05) is 6.42 Å². The molecule has 1 aromatic rings. The van der Waals surface area contributed by atoms with Gasteiger partial charge in [-0.1, -0.05) is 30.7 Å². The van der Waals surface area contributed by atoms with E-state index < -0.39 is 0 Å². The Morgan fingerprint density at radius 2 is 2.28 bits per heavy atom. The second-order valence-electron chi connectivity index (χ2n) is 4.57. The fourth-order valence-electron chi connectivity index (χ4n) is 2.11. The summed E-state index contributed by atoms with van der Waals surface area (Å²) in [6, 6.07) is 8.23. The van der Waals surface area contributed by atoms with Crippen LogP contribution in [0.5, 0.6) is 5.75 Å². The van der Waals surface area contributed by atoms with E-state index >= 15 is 0 Å². The molecule has 1 heterocycles. The van der Waals surface area contributed by atoms with Crippen LogP contribution in [0.4, 0.5) is 0 Å². The number of nitrogens with zero attached hydrogens (tertiary/aromatic N) is 1. The number of nitrogens with two attached hydrogens (primary N) is 1. The van der Waals surface area contributed by atoms with Crippen molar-refractivity contribution in [2.24, 2.45) is 10.7 Å². The summed E-state index contributed by atoms with van der Waals surface area (Å²) in [6.45, 7) is 0. The fourth-order valence-corrected chi connectivity index (χ4v) is 2.11. The first-order valence-electron chi connectivity index (χ1n) is 6.42. The van der Waals surface area contributed by atoms with Gasteiger partial charge in [-0.3, -0.25) is 4.99 Å². The predicted octanol–water partition coefficient (Wildman–Crippen LogP) is 3.01. The predicted molar refractivity (Wildman–Crippen MR) is 75.9 cm³/mol. The van der Waals surface area contributed by atoms with Crippen molar-refractivity contribution in [2.45, 2.75) is 31.7 Å². The van der Waals surface area contributed by atoms with Crippen LogP contribution in [0.2, 0.25) is 0 Å². The first-order chi connectivity index (χ1) is 8.78. The zero-order valence-electron chi connectivity index (χ0n) is 10.8. The molecule has 96 valence electrons. The molecule has 0 aromatic heterocycles. The Morgan fingerprint density at radius 1 is 1.39 bits per heavy atom. The van der Waals surface area contributed by atoms with Crippen molar-refractivity contribution >= 4 is 11.9 Å². The summed E-state index contributed by atoms with van der Waals surface area (Å²) < 4.78 is 5.20. The number of ether oxygens (including phenoxy) is 1. The number of benzene rings is 1. The van der Waals surface area contributed by atoms with Crippen LogP contribution in [-0.4, -0.2) is 19.0 Å². The molecule has 1 aromatic carbocycles. The highest BCUT2D eigenvalue weighted by molar-refractivity contribution is 5.80. The van der Waals surface area contributed by atoms with Crippen LogP contribution in [0.3, 0.4) is 0 Å². The first kappa shape index (κ1) is 12.7. The lowest BCUT2D eigenvalue weighted by Gasteiger charge is -2.05. The van der Waals surface area contributed by atoms with Crippen molar-refractivity contribution in [3.05, 3.63) is 35.9 Å². The van der Waals surface area contributed by atoms with Crippen molar-refractivity contribution < 1.29 is 4.74 Å². The number of aliphatic imine (C=N–C) groups is 1. The molecular formula is C15H20N2O. The van der Waals surface area contributed by atoms with E-state index in [0.717, 1.165) is 36.4 Å².